The molecule has 0 aliphatic rings. The highest BCUT2D eigenvalue weighted by molar-refractivity contribution is 7.88. The molecule has 80 valence electrons. The van der Waals surface area contributed by atoms with Crippen LogP contribution in [0.2, 0.25) is 0 Å². The van der Waals surface area contributed by atoms with Crippen LogP contribution in [0.25, 0.3) is 0 Å². The summed E-state index contributed by atoms with van der Waals surface area (Å²) in [5.41, 5.74) is 0. The normalized spacial score (nSPS) is 11.9. The van der Waals surface area contributed by atoms with E-state index in [0.29, 0.717) is 11.4 Å². The Balaban J connectivity index is 0. The van der Waals surface area contributed by atoms with E-state index in [9.17, 15) is 4.21 Å². The summed E-state index contributed by atoms with van der Waals surface area (Å²) in [5, 5.41) is 0. The van der Waals surface area contributed by atoms with Gasteiger partial charge in [0.15, 0.2) is 0 Å². The van der Waals surface area contributed by atoms with E-state index in [1.807, 2.05) is 25.2 Å². The van der Waals surface area contributed by atoms with Gasteiger partial charge in [-0.25, -0.2) is 0 Å². The minimum atomic E-state index is -0.929. The molecule has 0 aromatic carbocycles. The van der Waals surface area contributed by atoms with E-state index < -0.39 is 10.8 Å². The van der Waals surface area contributed by atoms with Gasteiger partial charge in [0.1, 0.15) is 0 Å². The summed E-state index contributed by atoms with van der Waals surface area (Å²) in [4.78, 5) is 9.60. The predicted molar refractivity (Wildman–Crippen MR) is 60.2 cm³/mol. The van der Waals surface area contributed by atoms with Crippen molar-refractivity contribution in [1.29, 1.82) is 0 Å². The van der Waals surface area contributed by atoms with Crippen LogP contribution in [-0.4, -0.2) is 24.0 Å². The quantitative estimate of drug-likeness (QED) is 0.531. The molecule has 0 spiro atoms. The van der Waals surface area contributed by atoms with Gasteiger partial charge in [-0.3, -0.25) is 9.00 Å². The number of methoxy groups -OCH3 is 1. The summed E-state index contributed by atoms with van der Waals surface area (Å²) >= 11 is 0. The zero-order valence-corrected chi connectivity index (χ0v) is 9.54. The van der Waals surface area contributed by atoms with Gasteiger partial charge < -0.3 is 4.74 Å². The van der Waals surface area contributed by atoms with Gasteiger partial charge in [-0.1, -0.05) is 24.8 Å². The lowest BCUT2D eigenvalue weighted by molar-refractivity contribution is -0.126. The molecule has 0 aromatic rings. The molecule has 3 nitrogen and oxygen atoms in total. The van der Waals surface area contributed by atoms with Crippen molar-refractivity contribution in [3.05, 3.63) is 35.8 Å². The number of hydrogen-bond acceptors (Lipinski definition) is 3. The van der Waals surface area contributed by atoms with Crippen LogP contribution in [0, 0.1) is 0 Å². The Hall–Kier alpha value is -1.16. The molecule has 0 saturated heterocycles. The van der Waals surface area contributed by atoms with Gasteiger partial charge in [0.05, 0.1) is 7.11 Å². The number of hydrogen-bond donors (Lipinski definition) is 0. The molecule has 0 N–H and O–H groups in total. The summed E-state index contributed by atoms with van der Waals surface area (Å²) in [7, 11) is 0.384. The Morgan fingerprint density at radius 2 is 1.93 bits per heavy atom. The highest BCUT2D eigenvalue weighted by atomic mass is 32.2. The SMILES string of the molecule is C=C(/C=C\C=C/C)S(C)=O.COC=O. The van der Waals surface area contributed by atoms with E-state index >= 15 is 0 Å². The first-order chi connectivity index (χ1) is 6.59. The predicted octanol–water partition coefficient (Wildman–Crippen LogP) is 1.80. The van der Waals surface area contributed by atoms with Gasteiger partial charge in [-0.05, 0) is 13.0 Å². The van der Waals surface area contributed by atoms with E-state index in [2.05, 4.69) is 11.3 Å². The summed E-state index contributed by atoms with van der Waals surface area (Å²) in [6.45, 7) is 5.91. The van der Waals surface area contributed by atoms with E-state index in [-0.39, 0.29) is 0 Å². The van der Waals surface area contributed by atoms with Crippen molar-refractivity contribution in [2.24, 2.45) is 0 Å². The summed E-state index contributed by atoms with van der Waals surface area (Å²) < 4.78 is 14.5. The number of rotatable bonds is 4. The molecule has 0 bridgehead atoms. The second-order valence-corrected chi connectivity index (χ2v) is 3.57. The first-order valence-corrected chi connectivity index (χ1v) is 5.44. The molecule has 1 unspecified atom stereocenters. The van der Waals surface area contributed by atoms with Crippen LogP contribution in [0.4, 0.5) is 0 Å². The maximum absolute atomic E-state index is 10.7. The Morgan fingerprint density at radius 1 is 1.43 bits per heavy atom. The van der Waals surface area contributed by atoms with Gasteiger partial charge >= 0.3 is 0 Å². The topological polar surface area (TPSA) is 43.4 Å². The van der Waals surface area contributed by atoms with Crippen LogP contribution in [0.1, 0.15) is 6.92 Å². The van der Waals surface area contributed by atoms with E-state index in [1.54, 1.807) is 12.3 Å². The maximum Gasteiger partial charge on any atom is 0.292 e. The Labute approximate surface area is 87.6 Å². The Morgan fingerprint density at radius 3 is 2.21 bits per heavy atom. The smallest absolute Gasteiger partial charge is 0.292 e. The molecule has 0 fully saturated rings. The molecule has 0 rings (SSSR count). The molecule has 1 atom stereocenters. The van der Waals surface area contributed by atoms with Crippen molar-refractivity contribution in [1.82, 2.24) is 0 Å². The standard InChI is InChI=1S/C8H12OS.C2H4O2/c1-4-5-6-7-8(2)10(3)9;1-4-2-3/h4-7H,2H2,1,3H3;2H,1H3/b5-4-,7-6-;. The number of ether oxygens (including phenoxy) is 1. The molecular weight excluding hydrogens is 200 g/mol. The summed E-state index contributed by atoms with van der Waals surface area (Å²) in [6.07, 6.45) is 8.96. The van der Waals surface area contributed by atoms with Crippen LogP contribution in [0.3, 0.4) is 0 Å². The number of allylic oxidation sites excluding steroid dienone is 4. The number of carbonyl (C=O) groups is 1. The largest absolute Gasteiger partial charge is 0.471 e. The van der Waals surface area contributed by atoms with Crippen molar-refractivity contribution in [3.63, 3.8) is 0 Å². The van der Waals surface area contributed by atoms with Crippen molar-refractivity contribution < 1.29 is 13.7 Å². The molecule has 0 saturated carbocycles. The molecule has 0 aliphatic carbocycles. The van der Waals surface area contributed by atoms with Crippen LogP contribution < -0.4 is 0 Å². The van der Waals surface area contributed by atoms with Crippen molar-refractivity contribution in [2.75, 3.05) is 13.4 Å². The van der Waals surface area contributed by atoms with Crippen LogP contribution in [0.5, 0.6) is 0 Å². The highest BCUT2D eigenvalue weighted by Crippen LogP contribution is 1.96. The second kappa shape index (κ2) is 11.8. The molecule has 4 heteroatoms. The lowest BCUT2D eigenvalue weighted by Crippen LogP contribution is -1.83. The zero-order valence-electron chi connectivity index (χ0n) is 8.73. The molecule has 14 heavy (non-hydrogen) atoms. The summed E-state index contributed by atoms with van der Waals surface area (Å²) in [5.74, 6) is 0. The second-order valence-electron chi connectivity index (χ2n) is 2.14. The Kier molecular flexibility index (Phi) is 13.0. The van der Waals surface area contributed by atoms with Gasteiger partial charge in [0.2, 0.25) is 0 Å². The lowest BCUT2D eigenvalue weighted by atomic mass is 10.4. The Bertz CT molecular complexity index is 242. The zero-order chi connectivity index (χ0) is 11.4. The van der Waals surface area contributed by atoms with Crippen molar-refractivity contribution in [2.45, 2.75) is 6.92 Å². The minimum absolute atomic E-state index is 0.375. The first kappa shape index (κ1) is 15.3. The molecule has 0 aromatic heterocycles. The van der Waals surface area contributed by atoms with Crippen LogP contribution >= 0.6 is 0 Å². The van der Waals surface area contributed by atoms with Crippen LogP contribution in [0.15, 0.2) is 35.8 Å². The average Bonchev–Trinajstić information content (AvgIpc) is 2.18. The average molecular weight is 216 g/mol. The monoisotopic (exact) mass is 216 g/mol. The molecule has 0 amide bonds. The fourth-order valence-corrected chi connectivity index (χ4v) is 0.640. The fraction of sp³-hybridized carbons (Fsp3) is 0.300. The fourth-order valence-electron chi connectivity index (χ4n) is 0.370. The van der Waals surface area contributed by atoms with E-state index in [1.165, 1.54) is 7.11 Å². The van der Waals surface area contributed by atoms with Crippen molar-refractivity contribution in [3.8, 4) is 0 Å². The third kappa shape index (κ3) is 13.4. The highest BCUT2D eigenvalue weighted by Gasteiger charge is 1.88. The molecular formula is C10H16O3S. The molecule has 0 aliphatic heterocycles. The summed E-state index contributed by atoms with van der Waals surface area (Å²) in [6, 6.07) is 0. The third-order valence-electron chi connectivity index (χ3n) is 1.05. The molecule has 0 heterocycles. The van der Waals surface area contributed by atoms with Gasteiger partial charge in [0, 0.05) is 22.0 Å². The van der Waals surface area contributed by atoms with E-state index in [4.69, 9.17) is 4.79 Å². The number of carbonyl (C=O) groups excluding carboxylic acids is 1. The van der Waals surface area contributed by atoms with E-state index in [0.717, 1.165) is 0 Å². The van der Waals surface area contributed by atoms with Crippen LogP contribution in [-0.2, 0) is 20.3 Å². The van der Waals surface area contributed by atoms with Gasteiger partial charge in [-0.2, -0.15) is 0 Å². The first-order valence-electron chi connectivity index (χ1n) is 3.88. The van der Waals surface area contributed by atoms with Gasteiger partial charge in [-0.15, -0.1) is 0 Å². The van der Waals surface area contributed by atoms with Gasteiger partial charge in [0.25, 0.3) is 6.47 Å². The molecule has 0 radical (unpaired) electrons. The maximum atomic E-state index is 10.7. The van der Waals surface area contributed by atoms with Crippen molar-refractivity contribution >= 4 is 17.3 Å². The lowest BCUT2D eigenvalue weighted by Gasteiger charge is -1.88. The third-order valence-corrected chi connectivity index (χ3v) is 1.93. The minimum Gasteiger partial charge on any atom is -0.471 e.